The fourth-order valence-corrected chi connectivity index (χ4v) is 0.913. The fourth-order valence-electron chi connectivity index (χ4n) is 0.913. The molecule has 0 saturated carbocycles. The van der Waals surface area contributed by atoms with Gasteiger partial charge in [0, 0.05) is 6.04 Å². The van der Waals surface area contributed by atoms with Gasteiger partial charge in [0.25, 0.3) is 0 Å². The summed E-state index contributed by atoms with van der Waals surface area (Å²) in [6, 6.07) is 0.0208. The van der Waals surface area contributed by atoms with E-state index in [9.17, 15) is 4.79 Å². The molecule has 0 spiro atoms. The SMILES string of the molecule is CCCC(N)[C@H]1NC1=O. The van der Waals surface area contributed by atoms with Crippen LogP contribution in [0, 0.1) is 0 Å². The molecule has 0 aromatic rings. The van der Waals surface area contributed by atoms with Gasteiger partial charge in [-0.1, -0.05) is 13.3 Å². The first-order valence-electron chi connectivity index (χ1n) is 3.31. The quantitative estimate of drug-likeness (QED) is 0.508. The average Bonchev–Trinajstić information content (AvgIpc) is 2.47. The summed E-state index contributed by atoms with van der Waals surface area (Å²) in [4.78, 5) is 10.4. The predicted molar refractivity (Wildman–Crippen MR) is 34.8 cm³/mol. The summed E-state index contributed by atoms with van der Waals surface area (Å²) in [5, 5.41) is 2.65. The Hall–Kier alpha value is -0.570. The molecule has 52 valence electrons. The van der Waals surface area contributed by atoms with Gasteiger partial charge in [0.05, 0.1) is 0 Å². The Kier molecular flexibility index (Phi) is 1.71. The van der Waals surface area contributed by atoms with Crippen LogP contribution in [0.3, 0.4) is 0 Å². The molecule has 9 heavy (non-hydrogen) atoms. The number of rotatable bonds is 3. The maximum Gasteiger partial charge on any atom is 0.244 e. The van der Waals surface area contributed by atoms with Crippen molar-refractivity contribution in [1.82, 2.24) is 5.32 Å². The van der Waals surface area contributed by atoms with E-state index in [1.54, 1.807) is 0 Å². The van der Waals surface area contributed by atoms with Crippen molar-refractivity contribution in [2.75, 3.05) is 0 Å². The minimum Gasteiger partial charge on any atom is -0.341 e. The topological polar surface area (TPSA) is 65.0 Å². The second-order valence-corrected chi connectivity index (χ2v) is 2.44. The van der Waals surface area contributed by atoms with Crippen LogP contribution in [0.5, 0.6) is 0 Å². The molecular formula is C6H12N2O. The normalized spacial score (nSPS) is 27.3. The molecular weight excluding hydrogens is 116 g/mol. The van der Waals surface area contributed by atoms with E-state index >= 15 is 0 Å². The third kappa shape index (κ3) is 1.42. The zero-order valence-corrected chi connectivity index (χ0v) is 5.55. The zero-order valence-electron chi connectivity index (χ0n) is 5.55. The Labute approximate surface area is 54.6 Å². The van der Waals surface area contributed by atoms with Crippen molar-refractivity contribution in [2.45, 2.75) is 31.8 Å². The average molecular weight is 128 g/mol. The summed E-state index contributed by atoms with van der Waals surface area (Å²) < 4.78 is 0. The highest BCUT2D eigenvalue weighted by molar-refractivity contribution is 5.97. The smallest absolute Gasteiger partial charge is 0.244 e. The summed E-state index contributed by atoms with van der Waals surface area (Å²) in [5.41, 5.74) is 5.60. The number of carbonyl (C=O) groups is 1. The maximum atomic E-state index is 10.4. The van der Waals surface area contributed by atoms with Gasteiger partial charge in [0.15, 0.2) is 0 Å². The summed E-state index contributed by atoms with van der Waals surface area (Å²) in [6.07, 6.45) is 1.98. The van der Waals surface area contributed by atoms with Crippen LogP contribution >= 0.6 is 0 Å². The monoisotopic (exact) mass is 128 g/mol. The summed E-state index contributed by atoms with van der Waals surface area (Å²) in [7, 11) is 0. The largest absolute Gasteiger partial charge is 0.341 e. The number of nitrogens with one attached hydrogen (secondary N) is 1. The van der Waals surface area contributed by atoms with Crippen molar-refractivity contribution >= 4 is 5.91 Å². The van der Waals surface area contributed by atoms with E-state index in [-0.39, 0.29) is 18.0 Å². The summed E-state index contributed by atoms with van der Waals surface area (Å²) >= 11 is 0. The zero-order chi connectivity index (χ0) is 6.85. The van der Waals surface area contributed by atoms with Gasteiger partial charge in [-0.05, 0) is 6.42 Å². The molecule has 1 aliphatic rings. The molecule has 1 amide bonds. The molecule has 0 aliphatic carbocycles. The van der Waals surface area contributed by atoms with Crippen LogP contribution in [0.4, 0.5) is 0 Å². The van der Waals surface area contributed by atoms with Crippen LogP contribution in [-0.2, 0) is 4.79 Å². The van der Waals surface area contributed by atoms with E-state index in [1.807, 2.05) is 0 Å². The molecule has 1 heterocycles. The van der Waals surface area contributed by atoms with Gasteiger partial charge in [-0.2, -0.15) is 0 Å². The van der Waals surface area contributed by atoms with Crippen molar-refractivity contribution < 1.29 is 4.79 Å². The highest BCUT2D eigenvalue weighted by atomic mass is 16.2. The standard InChI is InChI=1S/C6H12N2O/c1-2-3-4(7)5-6(9)8-5/h4-5H,2-3,7H2,1H3,(H,8,9)/t4?,5-/m1/s1. The number of hydrogen-bond acceptors (Lipinski definition) is 2. The molecule has 3 nitrogen and oxygen atoms in total. The lowest BCUT2D eigenvalue weighted by atomic mass is 10.1. The maximum absolute atomic E-state index is 10.4. The van der Waals surface area contributed by atoms with Crippen LogP contribution in [-0.4, -0.2) is 18.0 Å². The molecule has 0 aromatic carbocycles. The number of hydrogen-bond donors (Lipinski definition) is 2. The molecule has 2 atom stereocenters. The second kappa shape index (κ2) is 2.35. The minimum absolute atomic E-state index is 0.0232. The highest BCUT2D eigenvalue weighted by Gasteiger charge is 2.38. The second-order valence-electron chi connectivity index (χ2n) is 2.44. The van der Waals surface area contributed by atoms with Crippen LogP contribution in [0.15, 0.2) is 0 Å². The molecule has 1 unspecified atom stereocenters. The van der Waals surface area contributed by atoms with Crippen LogP contribution in [0.25, 0.3) is 0 Å². The number of amides is 1. The molecule has 3 heteroatoms. The first-order chi connectivity index (χ1) is 4.25. The van der Waals surface area contributed by atoms with Gasteiger partial charge in [-0.15, -0.1) is 0 Å². The first kappa shape index (κ1) is 6.55. The van der Waals surface area contributed by atoms with Crippen molar-refractivity contribution in [1.29, 1.82) is 0 Å². The lowest BCUT2D eigenvalue weighted by Crippen LogP contribution is -2.28. The van der Waals surface area contributed by atoms with E-state index < -0.39 is 0 Å². The van der Waals surface area contributed by atoms with Gasteiger partial charge in [-0.25, -0.2) is 0 Å². The van der Waals surface area contributed by atoms with Crippen molar-refractivity contribution in [2.24, 2.45) is 5.73 Å². The Morgan fingerprint density at radius 2 is 2.44 bits per heavy atom. The summed E-state index contributed by atoms with van der Waals surface area (Å²) in [5.74, 6) is 0.107. The van der Waals surface area contributed by atoms with Crippen molar-refractivity contribution in [3.05, 3.63) is 0 Å². The molecule has 1 saturated heterocycles. The van der Waals surface area contributed by atoms with E-state index in [4.69, 9.17) is 5.73 Å². The van der Waals surface area contributed by atoms with Gasteiger partial charge < -0.3 is 11.1 Å². The minimum atomic E-state index is -0.0232. The number of carbonyl (C=O) groups excluding carboxylic acids is 1. The van der Waals surface area contributed by atoms with Gasteiger partial charge in [0.2, 0.25) is 5.91 Å². The molecule has 1 aliphatic heterocycles. The Balaban J connectivity index is 2.19. The molecule has 1 fully saturated rings. The van der Waals surface area contributed by atoms with Crippen LogP contribution in [0.1, 0.15) is 19.8 Å². The van der Waals surface area contributed by atoms with Crippen LogP contribution in [0.2, 0.25) is 0 Å². The highest BCUT2D eigenvalue weighted by Crippen LogP contribution is 2.08. The van der Waals surface area contributed by atoms with E-state index in [0.717, 1.165) is 12.8 Å². The summed E-state index contributed by atoms with van der Waals surface area (Å²) in [6.45, 7) is 2.06. The Morgan fingerprint density at radius 1 is 1.89 bits per heavy atom. The third-order valence-corrected chi connectivity index (χ3v) is 1.55. The molecule has 0 bridgehead atoms. The van der Waals surface area contributed by atoms with Crippen molar-refractivity contribution in [3.8, 4) is 0 Å². The van der Waals surface area contributed by atoms with E-state index in [2.05, 4.69) is 12.2 Å². The Bertz CT molecular complexity index is 124. The van der Waals surface area contributed by atoms with E-state index in [1.165, 1.54) is 0 Å². The molecule has 3 N–H and O–H groups in total. The van der Waals surface area contributed by atoms with Gasteiger partial charge in [0.1, 0.15) is 6.04 Å². The lowest BCUT2D eigenvalue weighted by molar-refractivity contribution is -0.111. The van der Waals surface area contributed by atoms with Gasteiger partial charge >= 0.3 is 0 Å². The number of nitrogens with two attached hydrogens (primary N) is 1. The van der Waals surface area contributed by atoms with E-state index in [0.29, 0.717) is 0 Å². The van der Waals surface area contributed by atoms with Crippen molar-refractivity contribution in [3.63, 3.8) is 0 Å². The first-order valence-corrected chi connectivity index (χ1v) is 3.31. The Morgan fingerprint density at radius 3 is 2.78 bits per heavy atom. The fraction of sp³-hybridized carbons (Fsp3) is 0.833. The predicted octanol–water partition coefficient (Wildman–Crippen LogP) is -0.388. The van der Waals surface area contributed by atoms with Gasteiger partial charge in [-0.3, -0.25) is 4.79 Å². The lowest BCUT2D eigenvalue weighted by Gasteiger charge is -2.02. The molecule has 0 aromatic heterocycles. The third-order valence-electron chi connectivity index (χ3n) is 1.55. The molecule has 1 rings (SSSR count). The van der Waals surface area contributed by atoms with Crippen LogP contribution < -0.4 is 11.1 Å². The molecule has 0 radical (unpaired) electrons.